The van der Waals surface area contributed by atoms with Crippen LogP contribution in [0.2, 0.25) is 5.02 Å². The van der Waals surface area contributed by atoms with Crippen LogP contribution in [0.5, 0.6) is 0 Å². The summed E-state index contributed by atoms with van der Waals surface area (Å²) in [5, 5.41) is 3.45. The maximum Gasteiger partial charge on any atom is 0.251 e. The number of nitrogens with zero attached hydrogens (tertiary/aromatic N) is 2. The third-order valence-electron chi connectivity index (χ3n) is 9.61. The lowest BCUT2D eigenvalue weighted by Crippen LogP contribution is -2.52. The molecule has 6 nitrogen and oxygen atoms in total. The molecule has 1 N–H and O–H groups in total. The fraction of sp³-hybridized carbons (Fsp3) is 0.548. The Morgan fingerprint density at radius 3 is 2.43 bits per heavy atom. The van der Waals surface area contributed by atoms with Crippen molar-refractivity contribution in [3.63, 3.8) is 0 Å². The van der Waals surface area contributed by atoms with Gasteiger partial charge < -0.3 is 5.32 Å². The minimum absolute atomic E-state index is 0.00485. The van der Waals surface area contributed by atoms with Crippen molar-refractivity contribution < 1.29 is 26.4 Å². The first-order chi connectivity index (χ1) is 19.7. The van der Waals surface area contributed by atoms with Gasteiger partial charge in [0.15, 0.2) is 5.78 Å². The normalized spacial score (nSPS) is 30.5. The fourth-order valence-corrected chi connectivity index (χ4v) is 9.00. The molecule has 0 radical (unpaired) electrons. The first kappa shape index (κ1) is 29.6. The molecule has 226 valence electrons. The van der Waals surface area contributed by atoms with Crippen molar-refractivity contribution in [2.45, 2.75) is 93.8 Å². The van der Waals surface area contributed by atoms with Crippen molar-refractivity contribution in [3.05, 3.63) is 64.9 Å². The standard InChI is InChI=1S/C31H35ClF3N3O3S/c1-29(2)27(26(39)10-6-7-21-16-31(21,34)35)36-28(37-29)30-14-20(15-30)25(17-30)38(18-19-11-12-23(32)24(33)13-19)42(40,41)22-8-4-3-5-9-22/h3-5,8-9,11-13,20-21,25,27H,6-7,10,14-18H2,1-2H3,(H,36,37)/t20?,21?,25?,27-,30?/m0/s1. The molecule has 2 unspecified atom stereocenters. The van der Waals surface area contributed by atoms with E-state index >= 15 is 0 Å². The average molecular weight is 622 g/mol. The van der Waals surface area contributed by atoms with Gasteiger partial charge in [-0.15, -0.1) is 0 Å². The van der Waals surface area contributed by atoms with Crippen LogP contribution in [-0.2, 0) is 21.4 Å². The van der Waals surface area contributed by atoms with E-state index in [9.17, 15) is 26.4 Å². The lowest BCUT2D eigenvalue weighted by molar-refractivity contribution is -0.121. The van der Waals surface area contributed by atoms with Gasteiger partial charge >= 0.3 is 0 Å². The van der Waals surface area contributed by atoms with E-state index in [2.05, 4.69) is 5.32 Å². The summed E-state index contributed by atoms with van der Waals surface area (Å²) >= 11 is 5.88. The number of halogens is 4. The van der Waals surface area contributed by atoms with E-state index in [0.717, 1.165) is 18.7 Å². The molecule has 42 heavy (non-hydrogen) atoms. The van der Waals surface area contributed by atoms with E-state index < -0.39 is 39.3 Å². The van der Waals surface area contributed by atoms with Crippen LogP contribution in [0.25, 0.3) is 0 Å². The second-order valence-electron chi connectivity index (χ2n) is 13.1. The maximum atomic E-state index is 14.3. The second-order valence-corrected chi connectivity index (χ2v) is 15.4. The zero-order valence-corrected chi connectivity index (χ0v) is 25.2. The van der Waals surface area contributed by atoms with Crippen LogP contribution in [0.1, 0.15) is 64.4 Å². The average Bonchev–Trinajstić information content (AvgIpc) is 3.23. The number of Topliss-reactive ketones (excluding diaryl/α,β-unsaturated/α-hetero) is 1. The molecule has 4 aliphatic carbocycles. The van der Waals surface area contributed by atoms with Gasteiger partial charge in [-0.2, -0.15) is 4.31 Å². The SMILES string of the molecule is CC1(C)NC(C23CC(C2)C(N(Cc2ccc(Cl)c(F)c2)S(=O)(=O)c2ccccc2)C3)=N[C@H]1C(=O)CCCC1CC1(F)F. The quantitative estimate of drug-likeness (QED) is 0.316. The zero-order chi connectivity index (χ0) is 30.1. The third-order valence-corrected chi connectivity index (χ3v) is 11.8. The molecule has 0 saturated heterocycles. The number of hydrogen-bond donors (Lipinski definition) is 1. The molecule has 3 atom stereocenters. The van der Waals surface area contributed by atoms with Crippen LogP contribution in [0.15, 0.2) is 58.4 Å². The van der Waals surface area contributed by atoms with Gasteiger partial charge in [-0.1, -0.05) is 35.9 Å². The number of benzene rings is 2. The molecule has 11 heteroatoms. The van der Waals surface area contributed by atoms with Crippen molar-refractivity contribution in [1.82, 2.24) is 9.62 Å². The Morgan fingerprint density at radius 2 is 1.79 bits per heavy atom. The van der Waals surface area contributed by atoms with E-state index in [1.54, 1.807) is 36.4 Å². The molecule has 4 fully saturated rings. The summed E-state index contributed by atoms with van der Waals surface area (Å²) in [5.74, 6) is -3.04. The highest BCUT2D eigenvalue weighted by atomic mass is 35.5. The van der Waals surface area contributed by atoms with Gasteiger partial charge in [-0.25, -0.2) is 21.6 Å². The first-order valence-corrected chi connectivity index (χ1v) is 16.3. The summed E-state index contributed by atoms with van der Waals surface area (Å²) in [6, 6.07) is 11.6. The lowest BCUT2D eigenvalue weighted by atomic mass is 9.68. The highest BCUT2D eigenvalue weighted by Crippen LogP contribution is 2.62. The second kappa shape index (κ2) is 10.3. The fourth-order valence-electron chi connectivity index (χ4n) is 7.19. The Balaban J connectivity index is 1.22. The highest BCUT2D eigenvalue weighted by Gasteiger charge is 2.63. The summed E-state index contributed by atoms with van der Waals surface area (Å²) in [6.45, 7) is 3.83. The van der Waals surface area contributed by atoms with Crippen molar-refractivity contribution in [1.29, 1.82) is 0 Å². The number of nitrogens with one attached hydrogen (secondary N) is 1. The van der Waals surface area contributed by atoms with E-state index in [-0.39, 0.29) is 52.5 Å². The smallest absolute Gasteiger partial charge is 0.251 e. The Hall–Kier alpha value is -2.43. The molecule has 7 rings (SSSR count). The number of fused-ring (bicyclic) bond motifs is 1. The minimum Gasteiger partial charge on any atom is -0.366 e. The van der Waals surface area contributed by atoms with Gasteiger partial charge in [0.05, 0.1) is 15.5 Å². The predicted octanol–water partition coefficient (Wildman–Crippen LogP) is 6.38. The van der Waals surface area contributed by atoms with Crippen molar-refractivity contribution in [3.8, 4) is 0 Å². The van der Waals surface area contributed by atoms with Gasteiger partial charge in [-0.3, -0.25) is 9.79 Å². The van der Waals surface area contributed by atoms with Crippen LogP contribution in [0, 0.1) is 23.1 Å². The van der Waals surface area contributed by atoms with Gasteiger partial charge in [0.2, 0.25) is 10.0 Å². The molecule has 1 aliphatic heterocycles. The number of rotatable bonds is 11. The van der Waals surface area contributed by atoms with Gasteiger partial charge in [-0.05, 0) is 81.7 Å². The minimum atomic E-state index is -3.92. The molecule has 2 aromatic rings. The van der Waals surface area contributed by atoms with Crippen molar-refractivity contribution in [2.24, 2.45) is 22.2 Å². The molecule has 0 amide bonds. The molecule has 0 aromatic heterocycles. The zero-order valence-electron chi connectivity index (χ0n) is 23.6. The highest BCUT2D eigenvalue weighted by molar-refractivity contribution is 7.89. The van der Waals surface area contributed by atoms with Crippen LogP contribution < -0.4 is 5.32 Å². The molecule has 0 spiro atoms. The summed E-state index contributed by atoms with van der Waals surface area (Å²) in [5.41, 5.74) is -0.514. The molecule has 2 bridgehead atoms. The number of carbonyl (C=O) groups is 1. The molecule has 1 heterocycles. The Labute approximate surface area is 249 Å². The maximum absolute atomic E-state index is 14.3. The number of alkyl halides is 2. The summed E-state index contributed by atoms with van der Waals surface area (Å²) < 4.78 is 70.3. The van der Waals surface area contributed by atoms with Gasteiger partial charge in [0.1, 0.15) is 17.7 Å². The number of hydrogen-bond acceptors (Lipinski definition) is 5. The van der Waals surface area contributed by atoms with Crippen LogP contribution in [0.3, 0.4) is 0 Å². The summed E-state index contributed by atoms with van der Waals surface area (Å²) in [7, 11) is -3.92. The Morgan fingerprint density at radius 1 is 1.10 bits per heavy atom. The first-order valence-electron chi connectivity index (χ1n) is 14.5. The van der Waals surface area contributed by atoms with Crippen LogP contribution >= 0.6 is 11.6 Å². The van der Waals surface area contributed by atoms with Crippen LogP contribution in [-0.4, -0.2) is 47.9 Å². The molecule has 2 aromatic carbocycles. The monoisotopic (exact) mass is 621 g/mol. The largest absolute Gasteiger partial charge is 0.366 e. The van der Waals surface area contributed by atoms with E-state index in [1.165, 1.54) is 16.4 Å². The van der Waals surface area contributed by atoms with E-state index in [4.69, 9.17) is 16.6 Å². The summed E-state index contributed by atoms with van der Waals surface area (Å²) in [4.78, 5) is 18.2. The topological polar surface area (TPSA) is 78.8 Å². The van der Waals surface area contributed by atoms with Crippen LogP contribution in [0.4, 0.5) is 13.2 Å². The van der Waals surface area contributed by atoms with E-state index in [1.807, 2.05) is 13.8 Å². The summed E-state index contributed by atoms with van der Waals surface area (Å²) in [6.07, 6.45) is 2.86. The Kier molecular flexibility index (Phi) is 7.29. The number of carbonyl (C=O) groups excluding carboxylic acids is 1. The van der Waals surface area contributed by atoms with Gasteiger partial charge in [0.25, 0.3) is 5.92 Å². The van der Waals surface area contributed by atoms with Gasteiger partial charge in [0, 0.05) is 36.8 Å². The number of amidine groups is 1. The number of aliphatic imine (C=N–C) groups is 1. The molecule has 5 aliphatic rings. The third kappa shape index (κ3) is 5.28. The van der Waals surface area contributed by atoms with Crippen molar-refractivity contribution >= 4 is 33.2 Å². The molecular formula is C31H35ClF3N3O3S. The molecule has 4 saturated carbocycles. The number of sulfonamides is 1. The predicted molar refractivity (Wildman–Crippen MR) is 154 cm³/mol. The van der Waals surface area contributed by atoms with Crippen molar-refractivity contribution in [2.75, 3.05) is 0 Å². The Bertz CT molecular complexity index is 1530. The lowest BCUT2D eigenvalue weighted by Gasteiger charge is -2.40. The van der Waals surface area contributed by atoms with E-state index in [0.29, 0.717) is 24.8 Å². The number of ketones is 1. The molecular weight excluding hydrogens is 587 g/mol.